The normalized spacial score (nSPS) is 31.4. The number of carboxylic acid groups (broad SMARTS) is 1. The molecule has 1 aromatic carbocycles. The number of fused-ring (bicyclic) bond motifs is 2. The van der Waals surface area contributed by atoms with Crippen molar-refractivity contribution in [1.82, 2.24) is 0 Å². The molecule has 4 atom stereocenters. The van der Waals surface area contributed by atoms with Crippen LogP contribution < -0.4 is 5.32 Å². The van der Waals surface area contributed by atoms with Crippen molar-refractivity contribution in [2.24, 2.45) is 22.7 Å². The van der Waals surface area contributed by atoms with E-state index in [0.29, 0.717) is 12.3 Å². The largest absolute Gasteiger partial charge is 0.506 e. The van der Waals surface area contributed by atoms with Gasteiger partial charge in [-0.2, -0.15) is 0 Å². The molecule has 164 valence electrons. The van der Waals surface area contributed by atoms with E-state index in [-0.39, 0.29) is 29.2 Å². The van der Waals surface area contributed by atoms with Crippen molar-refractivity contribution in [3.05, 3.63) is 42.0 Å². The smallest absolute Gasteiger partial charge is 0.339 e. The second-order valence-corrected chi connectivity index (χ2v) is 9.42. The van der Waals surface area contributed by atoms with Crippen LogP contribution in [0.4, 0.5) is 5.69 Å². The number of hydrogen-bond acceptors (Lipinski definition) is 5. The number of carbonyl (C=O) groups excluding carboxylic acids is 2. The first kappa shape index (κ1) is 21.2. The summed E-state index contributed by atoms with van der Waals surface area (Å²) in [6, 6.07) is 2.16. The molecule has 1 spiro atoms. The molecule has 0 heterocycles. The second kappa shape index (κ2) is 7.25. The molecule has 31 heavy (non-hydrogen) atoms. The van der Waals surface area contributed by atoms with E-state index < -0.39 is 34.4 Å². The third-order valence-electron chi connectivity index (χ3n) is 7.73. The van der Waals surface area contributed by atoms with Crippen LogP contribution in [0.1, 0.15) is 55.8 Å². The molecule has 2 bridgehead atoms. The van der Waals surface area contributed by atoms with Crippen molar-refractivity contribution in [2.75, 3.05) is 5.32 Å². The molecule has 2 unspecified atom stereocenters. The number of nitrogens with one attached hydrogen (secondary N) is 1. The van der Waals surface area contributed by atoms with Crippen LogP contribution in [-0.4, -0.2) is 33.0 Å². The van der Waals surface area contributed by atoms with Gasteiger partial charge in [0.1, 0.15) is 17.0 Å². The van der Waals surface area contributed by atoms with Crippen molar-refractivity contribution >= 4 is 23.3 Å². The molecular formula is C24H27NO6. The minimum absolute atomic E-state index is 0.00442. The van der Waals surface area contributed by atoms with Crippen molar-refractivity contribution in [1.29, 1.82) is 0 Å². The van der Waals surface area contributed by atoms with Crippen LogP contribution in [0.15, 0.2) is 36.4 Å². The van der Waals surface area contributed by atoms with Gasteiger partial charge in [-0.1, -0.05) is 25.2 Å². The third-order valence-corrected chi connectivity index (χ3v) is 7.73. The molecule has 1 amide bonds. The molecule has 3 fully saturated rings. The monoisotopic (exact) mass is 425 g/mol. The summed E-state index contributed by atoms with van der Waals surface area (Å²) < 4.78 is 0. The van der Waals surface area contributed by atoms with Crippen LogP contribution in [0.2, 0.25) is 0 Å². The van der Waals surface area contributed by atoms with E-state index in [1.807, 2.05) is 6.92 Å². The van der Waals surface area contributed by atoms with Crippen LogP contribution in [0.5, 0.6) is 11.5 Å². The fraction of sp³-hybridized carbons (Fsp3) is 0.458. The number of phenols is 2. The van der Waals surface area contributed by atoms with E-state index in [4.69, 9.17) is 5.11 Å². The summed E-state index contributed by atoms with van der Waals surface area (Å²) in [5.41, 5.74) is -0.260. The highest BCUT2D eigenvalue weighted by Crippen LogP contribution is 2.64. The average molecular weight is 425 g/mol. The van der Waals surface area contributed by atoms with Crippen LogP contribution >= 0.6 is 0 Å². The molecule has 4 aliphatic carbocycles. The van der Waals surface area contributed by atoms with Crippen molar-refractivity contribution in [3.8, 4) is 11.5 Å². The van der Waals surface area contributed by atoms with Gasteiger partial charge in [0, 0.05) is 11.8 Å². The zero-order chi connectivity index (χ0) is 22.6. The third kappa shape index (κ3) is 3.32. The zero-order valence-electron chi connectivity index (χ0n) is 17.5. The number of benzene rings is 1. The fourth-order valence-electron chi connectivity index (χ4n) is 5.91. The number of hydrogen-bond donors (Lipinski definition) is 4. The number of aromatic carboxylic acids is 1. The van der Waals surface area contributed by atoms with Crippen LogP contribution in [0.3, 0.4) is 0 Å². The molecule has 5 rings (SSSR count). The summed E-state index contributed by atoms with van der Waals surface area (Å²) in [6.07, 6.45) is 7.96. The van der Waals surface area contributed by atoms with Gasteiger partial charge >= 0.3 is 5.97 Å². The fourth-order valence-corrected chi connectivity index (χ4v) is 5.91. The summed E-state index contributed by atoms with van der Waals surface area (Å²) in [6.45, 7) is 6.17. The lowest BCUT2D eigenvalue weighted by atomic mass is 9.44. The number of aromatic hydroxyl groups is 2. The number of phenolic OH excluding ortho intramolecular Hbond substituents is 1. The number of allylic oxidation sites excluding steroid dienone is 3. The maximum Gasteiger partial charge on any atom is 0.339 e. The van der Waals surface area contributed by atoms with Gasteiger partial charge in [0.25, 0.3) is 0 Å². The lowest BCUT2D eigenvalue weighted by molar-refractivity contribution is -0.136. The molecule has 1 aromatic rings. The Hall–Kier alpha value is -3.09. The van der Waals surface area contributed by atoms with Gasteiger partial charge < -0.3 is 20.6 Å². The van der Waals surface area contributed by atoms with E-state index in [2.05, 4.69) is 18.0 Å². The van der Waals surface area contributed by atoms with E-state index in [0.717, 1.165) is 37.8 Å². The Bertz CT molecular complexity index is 1030. The molecule has 0 saturated heterocycles. The Morgan fingerprint density at radius 3 is 2.71 bits per heavy atom. The maximum atomic E-state index is 12.9. The minimum Gasteiger partial charge on any atom is -0.506 e. The van der Waals surface area contributed by atoms with Crippen LogP contribution in [-0.2, 0) is 9.59 Å². The first-order chi connectivity index (χ1) is 14.6. The first-order valence-corrected chi connectivity index (χ1v) is 10.6. The number of carbonyl (C=O) groups is 3. The van der Waals surface area contributed by atoms with Crippen LogP contribution in [0, 0.1) is 22.7 Å². The number of amides is 1. The predicted octanol–water partition coefficient (Wildman–Crippen LogP) is 4.02. The van der Waals surface area contributed by atoms with E-state index in [1.54, 1.807) is 6.08 Å². The van der Waals surface area contributed by atoms with Gasteiger partial charge in [0.15, 0.2) is 11.5 Å². The highest BCUT2D eigenvalue weighted by molar-refractivity contribution is 6.00. The molecule has 4 aliphatic rings. The van der Waals surface area contributed by atoms with Crippen LogP contribution in [0.25, 0.3) is 0 Å². The molecule has 0 aliphatic heterocycles. The zero-order valence-corrected chi connectivity index (χ0v) is 17.5. The number of carboxylic acids is 1. The SMILES string of the molecule is C=C1C[C@@]23C=CC(=O)C(C)(CCC(=O)Nc4c(O)ccc(C(=O)O)c4O)C2C[C@@H]1CC3. The lowest BCUT2D eigenvalue weighted by Gasteiger charge is -2.59. The molecule has 4 N–H and O–H groups in total. The highest BCUT2D eigenvalue weighted by atomic mass is 16.4. The van der Waals surface area contributed by atoms with Gasteiger partial charge in [-0.05, 0) is 67.6 Å². The average Bonchev–Trinajstić information content (AvgIpc) is 2.72. The summed E-state index contributed by atoms with van der Waals surface area (Å²) in [7, 11) is 0. The van der Waals surface area contributed by atoms with Gasteiger partial charge in [0.2, 0.25) is 5.91 Å². The van der Waals surface area contributed by atoms with Gasteiger partial charge in [-0.25, -0.2) is 4.79 Å². The lowest BCUT2D eigenvalue weighted by Crippen LogP contribution is -2.54. The summed E-state index contributed by atoms with van der Waals surface area (Å²) in [4.78, 5) is 36.8. The Morgan fingerprint density at radius 2 is 2.03 bits per heavy atom. The minimum atomic E-state index is -1.38. The van der Waals surface area contributed by atoms with Gasteiger partial charge in [0.05, 0.1) is 0 Å². The first-order valence-electron chi connectivity index (χ1n) is 10.6. The van der Waals surface area contributed by atoms with Crippen molar-refractivity contribution in [3.63, 3.8) is 0 Å². The Kier molecular flexibility index (Phi) is 4.95. The molecule has 7 heteroatoms. The molecule has 7 nitrogen and oxygen atoms in total. The van der Waals surface area contributed by atoms with E-state index >= 15 is 0 Å². The van der Waals surface area contributed by atoms with Crippen molar-refractivity contribution < 1.29 is 29.7 Å². The number of ketones is 1. The summed E-state index contributed by atoms with van der Waals surface area (Å²) in [5.74, 6) is -2.42. The number of anilines is 1. The van der Waals surface area contributed by atoms with Gasteiger partial charge in [-0.3, -0.25) is 9.59 Å². The topological polar surface area (TPSA) is 124 Å². The van der Waals surface area contributed by atoms with E-state index in [9.17, 15) is 24.6 Å². The predicted molar refractivity (Wildman–Crippen MR) is 114 cm³/mol. The Balaban J connectivity index is 1.52. The Morgan fingerprint density at radius 1 is 1.29 bits per heavy atom. The highest BCUT2D eigenvalue weighted by Gasteiger charge is 2.58. The molecule has 0 radical (unpaired) electrons. The summed E-state index contributed by atoms with van der Waals surface area (Å²) in [5, 5.41) is 31.6. The Labute approximate surface area is 180 Å². The molecule has 0 aromatic heterocycles. The standard InChI is InChI=1S/C24H27NO6/c1-13-12-24-9-5-14(13)11-17(24)23(2,18(27)6-10-24)8-7-19(28)25-20-16(26)4-3-15(21(20)29)22(30)31/h3-4,6,10,14,17,26,29H,1,5,7-9,11-12H2,2H3,(H,25,28)(H,30,31)/t14-,17?,23?,24+/m0/s1. The second-order valence-electron chi connectivity index (χ2n) is 9.42. The van der Waals surface area contributed by atoms with Crippen molar-refractivity contribution in [2.45, 2.75) is 45.4 Å². The maximum absolute atomic E-state index is 12.9. The molecule has 3 saturated carbocycles. The quantitative estimate of drug-likeness (QED) is 0.417. The molecular weight excluding hydrogens is 398 g/mol. The summed E-state index contributed by atoms with van der Waals surface area (Å²) >= 11 is 0. The van der Waals surface area contributed by atoms with E-state index in [1.165, 1.54) is 5.57 Å². The van der Waals surface area contributed by atoms with Gasteiger partial charge in [-0.15, -0.1) is 0 Å². The number of rotatable bonds is 5.